The van der Waals surface area contributed by atoms with Crippen LogP contribution >= 0.6 is 0 Å². The van der Waals surface area contributed by atoms with Crippen molar-refractivity contribution in [2.45, 2.75) is 19.9 Å². The van der Waals surface area contributed by atoms with Gasteiger partial charge in [0.1, 0.15) is 11.6 Å². The van der Waals surface area contributed by atoms with Crippen LogP contribution < -0.4 is 5.32 Å². The predicted molar refractivity (Wildman–Crippen MR) is 94.1 cm³/mol. The van der Waals surface area contributed by atoms with E-state index in [2.05, 4.69) is 10.2 Å². The first kappa shape index (κ1) is 17.3. The largest absolute Gasteiger partial charge is 0.322 e. The molecule has 1 N–H and O–H groups in total. The summed E-state index contributed by atoms with van der Waals surface area (Å²) in [7, 11) is 0. The summed E-state index contributed by atoms with van der Waals surface area (Å²) in [6.45, 7) is 3.45. The van der Waals surface area contributed by atoms with Gasteiger partial charge in [0, 0.05) is 36.5 Å². The van der Waals surface area contributed by atoms with Crippen LogP contribution in [-0.4, -0.2) is 23.9 Å². The molecule has 2 aromatic rings. The van der Waals surface area contributed by atoms with Gasteiger partial charge in [0.05, 0.1) is 0 Å². The van der Waals surface area contributed by atoms with E-state index >= 15 is 0 Å². The normalized spacial score (nSPS) is 14.9. The highest BCUT2D eigenvalue weighted by atomic mass is 19.1. The van der Waals surface area contributed by atoms with Crippen molar-refractivity contribution in [3.8, 4) is 0 Å². The van der Waals surface area contributed by atoms with Crippen molar-refractivity contribution in [2.24, 2.45) is 0 Å². The van der Waals surface area contributed by atoms with Crippen LogP contribution in [0.1, 0.15) is 17.5 Å². The molecule has 25 heavy (non-hydrogen) atoms. The van der Waals surface area contributed by atoms with Gasteiger partial charge in [-0.1, -0.05) is 30.3 Å². The molecule has 3 nitrogen and oxygen atoms in total. The van der Waals surface area contributed by atoms with Crippen LogP contribution in [0.25, 0.3) is 0 Å². The van der Waals surface area contributed by atoms with Gasteiger partial charge in [-0.3, -0.25) is 9.69 Å². The van der Waals surface area contributed by atoms with E-state index < -0.39 is 0 Å². The number of carbonyl (C=O) groups is 1. The van der Waals surface area contributed by atoms with Crippen LogP contribution in [0.4, 0.5) is 14.5 Å². The average molecular weight is 342 g/mol. The summed E-state index contributed by atoms with van der Waals surface area (Å²) >= 11 is 0. The van der Waals surface area contributed by atoms with Crippen LogP contribution in [0.5, 0.6) is 0 Å². The van der Waals surface area contributed by atoms with E-state index in [1.807, 2.05) is 12.1 Å². The smallest absolute Gasteiger partial charge is 0.251 e. The topological polar surface area (TPSA) is 32.3 Å². The van der Waals surface area contributed by atoms with Gasteiger partial charge in [0.25, 0.3) is 5.91 Å². The maximum absolute atomic E-state index is 13.7. The van der Waals surface area contributed by atoms with Gasteiger partial charge in [-0.2, -0.15) is 0 Å². The Hall–Kier alpha value is -2.53. The summed E-state index contributed by atoms with van der Waals surface area (Å²) in [5.41, 5.74) is 2.31. The molecule has 1 heterocycles. The van der Waals surface area contributed by atoms with E-state index in [4.69, 9.17) is 0 Å². The minimum Gasteiger partial charge on any atom is -0.322 e. The molecule has 0 fully saturated rings. The monoisotopic (exact) mass is 342 g/mol. The fraction of sp³-hybridized carbons (Fsp3) is 0.250. The van der Waals surface area contributed by atoms with Crippen molar-refractivity contribution >= 4 is 11.6 Å². The van der Waals surface area contributed by atoms with Crippen LogP contribution in [0.2, 0.25) is 0 Å². The minimum atomic E-state index is -0.341. The number of anilines is 1. The maximum Gasteiger partial charge on any atom is 0.251 e. The van der Waals surface area contributed by atoms with Gasteiger partial charge in [-0.15, -0.1) is 0 Å². The second-order valence-electron chi connectivity index (χ2n) is 6.22. The lowest BCUT2D eigenvalue weighted by Gasteiger charge is -2.26. The Labute approximate surface area is 146 Å². The number of carbonyl (C=O) groups excluding carboxylic acids is 1. The molecule has 3 rings (SSSR count). The maximum atomic E-state index is 13.7. The molecule has 0 radical (unpaired) electrons. The van der Waals surface area contributed by atoms with Gasteiger partial charge in [-0.25, -0.2) is 8.78 Å². The molecule has 1 amide bonds. The Kier molecular flexibility index (Phi) is 5.24. The first-order valence-electron chi connectivity index (χ1n) is 8.25. The number of hydrogen-bond donors (Lipinski definition) is 1. The van der Waals surface area contributed by atoms with E-state index in [1.165, 1.54) is 12.1 Å². The van der Waals surface area contributed by atoms with E-state index in [1.54, 1.807) is 31.2 Å². The quantitative estimate of drug-likeness (QED) is 0.909. The third-order valence-corrected chi connectivity index (χ3v) is 4.37. The lowest BCUT2D eigenvalue weighted by Crippen LogP contribution is -2.31. The molecule has 0 aromatic heterocycles. The zero-order valence-corrected chi connectivity index (χ0v) is 14.1. The second kappa shape index (κ2) is 7.57. The van der Waals surface area contributed by atoms with Gasteiger partial charge in [0.2, 0.25) is 0 Å². The van der Waals surface area contributed by atoms with Gasteiger partial charge in [0.15, 0.2) is 0 Å². The summed E-state index contributed by atoms with van der Waals surface area (Å²) < 4.78 is 27.3. The number of rotatable bonds is 4. The number of benzene rings is 2. The Bertz CT molecular complexity index is 817. The Morgan fingerprint density at radius 2 is 1.96 bits per heavy atom. The molecule has 0 aliphatic carbocycles. The fourth-order valence-electron chi connectivity index (χ4n) is 2.81. The predicted octanol–water partition coefficient (Wildman–Crippen LogP) is 4.04. The molecule has 2 aromatic carbocycles. The molecule has 0 unspecified atom stereocenters. The Morgan fingerprint density at radius 1 is 1.16 bits per heavy atom. The summed E-state index contributed by atoms with van der Waals surface area (Å²) in [6.07, 6.45) is 2.43. The highest BCUT2D eigenvalue weighted by Crippen LogP contribution is 2.19. The fourth-order valence-corrected chi connectivity index (χ4v) is 2.81. The number of amides is 1. The number of aryl methyl sites for hydroxylation is 1. The molecule has 0 atom stereocenters. The molecule has 130 valence electrons. The molecule has 1 aliphatic heterocycles. The summed E-state index contributed by atoms with van der Waals surface area (Å²) in [5.74, 6) is -0.767. The van der Waals surface area contributed by atoms with Crippen molar-refractivity contribution < 1.29 is 13.6 Å². The average Bonchev–Trinajstić information content (AvgIpc) is 2.61. The van der Waals surface area contributed by atoms with Crippen LogP contribution in [0.3, 0.4) is 0 Å². The first-order chi connectivity index (χ1) is 12.0. The van der Waals surface area contributed by atoms with Gasteiger partial charge in [-0.05, 0) is 37.1 Å². The van der Waals surface area contributed by atoms with Crippen LogP contribution in [-0.2, 0) is 11.3 Å². The van der Waals surface area contributed by atoms with Crippen molar-refractivity contribution in [1.29, 1.82) is 0 Å². The summed E-state index contributed by atoms with van der Waals surface area (Å²) in [4.78, 5) is 14.4. The summed E-state index contributed by atoms with van der Waals surface area (Å²) in [5, 5.41) is 2.73. The number of nitrogens with zero attached hydrogens (tertiary/aromatic N) is 1. The standard InChI is InChI=1S/C20H20F2N2O/c1-14-6-7-17(12-19(14)22)23-20(25)15-8-10-24(11-9-15)13-16-4-2-3-5-18(16)21/h2-8,12H,9-11,13H2,1H3,(H,23,25). The molecular weight excluding hydrogens is 322 g/mol. The summed E-state index contributed by atoms with van der Waals surface area (Å²) in [6, 6.07) is 11.4. The van der Waals surface area contributed by atoms with E-state index in [0.29, 0.717) is 48.4 Å². The molecule has 0 saturated carbocycles. The molecular formula is C20H20F2N2O. The Balaban J connectivity index is 1.59. The highest BCUT2D eigenvalue weighted by molar-refractivity contribution is 6.03. The van der Waals surface area contributed by atoms with E-state index in [-0.39, 0.29) is 17.5 Å². The third-order valence-electron chi connectivity index (χ3n) is 4.37. The molecule has 0 bridgehead atoms. The van der Waals surface area contributed by atoms with E-state index in [0.717, 1.165) is 0 Å². The number of nitrogens with one attached hydrogen (secondary N) is 1. The zero-order chi connectivity index (χ0) is 17.8. The van der Waals surface area contributed by atoms with E-state index in [9.17, 15) is 13.6 Å². The SMILES string of the molecule is Cc1ccc(NC(=O)C2=CCN(Cc3ccccc3F)CC2)cc1F. The zero-order valence-electron chi connectivity index (χ0n) is 14.1. The lowest BCUT2D eigenvalue weighted by atomic mass is 10.1. The van der Waals surface area contributed by atoms with Crippen LogP contribution in [0, 0.1) is 18.6 Å². The third kappa shape index (κ3) is 4.31. The highest BCUT2D eigenvalue weighted by Gasteiger charge is 2.18. The molecule has 5 heteroatoms. The number of halogens is 2. The Morgan fingerprint density at radius 3 is 2.64 bits per heavy atom. The first-order valence-corrected chi connectivity index (χ1v) is 8.25. The van der Waals surface area contributed by atoms with Gasteiger partial charge < -0.3 is 5.32 Å². The van der Waals surface area contributed by atoms with Crippen molar-refractivity contribution in [3.63, 3.8) is 0 Å². The second-order valence-corrected chi connectivity index (χ2v) is 6.22. The minimum absolute atomic E-state index is 0.212. The molecule has 0 spiro atoms. The van der Waals surface area contributed by atoms with Crippen molar-refractivity contribution in [3.05, 3.63) is 76.9 Å². The lowest BCUT2D eigenvalue weighted by molar-refractivity contribution is -0.113. The molecule has 1 aliphatic rings. The molecule has 0 saturated heterocycles. The number of hydrogen-bond acceptors (Lipinski definition) is 2. The van der Waals surface area contributed by atoms with Crippen LogP contribution in [0.15, 0.2) is 54.1 Å². The van der Waals surface area contributed by atoms with Gasteiger partial charge >= 0.3 is 0 Å². The van der Waals surface area contributed by atoms with Crippen molar-refractivity contribution in [1.82, 2.24) is 4.90 Å². The van der Waals surface area contributed by atoms with Crippen molar-refractivity contribution in [2.75, 3.05) is 18.4 Å².